The number of aromatic amines is 1. The van der Waals surface area contributed by atoms with Crippen molar-refractivity contribution in [2.24, 2.45) is 0 Å². The first kappa shape index (κ1) is 30.2. The molecule has 2 aliphatic rings. The van der Waals surface area contributed by atoms with E-state index in [2.05, 4.69) is 32.4 Å². The van der Waals surface area contributed by atoms with Gasteiger partial charge in [0.2, 0.25) is 5.91 Å². The van der Waals surface area contributed by atoms with Gasteiger partial charge >= 0.3 is 0 Å². The molecule has 224 valence electrons. The highest BCUT2D eigenvalue weighted by Gasteiger charge is 2.36. The Balaban J connectivity index is 1.56. The SMILES string of the molecule is COc1c(Cl)cccc1Nc1c(-c2ccncc2C#C[C@@]2(C)COCCN2C(=O)/C=C/CN(C)C)[nH]c2c1C(=O)NCC2. The van der Waals surface area contributed by atoms with Crippen LogP contribution in [0.3, 0.4) is 0 Å². The minimum atomic E-state index is -0.852. The molecule has 1 saturated heterocycles. The molecule has 3 N–H and O–H groups in total. The Kier molecular flexibility index (Phi) is 9.06. The number of rotatable bonds is 7. The Morgan fingerprint density at radius 3 is 2.98 bits per heavy atom. The molecular weight excluding hydrogens is 568 g/mol. The molecule has 2 aliphatic heterocycles. The van der Waals surface area contributed by atoms with Crippen LogP contribution < -0.4 is 15.4 Å². The molecule has 1 fully saturated rings. The van der Waals surface area contributed by atoms with Gasteiger partial charge in [0.05, 0.1) is 53.5 Å². The minimum Gasteiger partial charge on any atom is -0.493 e. The number of benzene rings is 1. The predicted molar refractivity (Wildman–Crippen MR) is 167 cm³/mol. The fraction of sp³-hybridized carbons (Fsp3) is 0.344. The number of carbonyl (C=O) groups excluding carboxylic acids is 2. The molecule has 3 aromatic rings. The molecule has 0 radical (unpaired) electrons. The number of hydrogen-bond acceptors (Lipinski definition) is 7. The number of likely N-dealkylation sites (N-methyl/N-ethyl adjacent to an activating group) is 1. The van der Waals surface area contributed by atoms with Crippen molar-refractivity contribution in [3.05, 3.63) is 70.7 Å². The van der Waals surface area contributed by atoms with Gasteiger partial charge in [0, 0.05) is 55.8 Å². The van der Waals surface area contributed by atoms with E-state index in [4.69, 9.17) is 21.1 Å². The van der Waals surface area contributed by atoms with E-state index >= 15 is 0 Å². The average Bonchev–Trinajstić information content (AvgIpc) is 3.35. The number of aromatic nitrogens is 2. The van der Waals surface area contributed by atoms with Gasteiger partial charge in [-0.15, -0.1) is 0 Å². The second-order valence-corrected chi connectivity index (χ2v) is 11.2. The highest BCUT2D eigenvalue weighted by Crippen LogP contribution is 2.41. The lowest BCUT2D eigenvalue weighted by molar-refractivity contribution is -0.137. The van der Waals surface area contributed by atoms with Gasteiger partial charge in [0.15, 0.2) is 5.75 Å². The third-order valence-corrected chi connectivity index (χ3v) is 7.69. The second-order valence-electron chi connectivity index (χ2n) is 10.8. The lowest BCUT2D eigenvalue weighted by atomic mass is 9.98. The Hall–Kier alpha value is -4.30. The van der Waals surface area contributed by atoms with Crippen molar-refractivity contribution in [3.63, 3.8) is 0 Å². The van der Waals surface area contributed by atoms with Crippen LogP contribution in [-0.4, -0.2) is 91.2 Å². The molecule has 0 bridgehead atoms. The Bertz CT molecular complexity index is 1620. The van der Waals surface area contributed by atoms with Crippen LogP contribution in [0.5, 0.6) is 5.75 Å². The number of nitrogens with one attached hydrogen (secondary N) is 3. The van der Waals surface area contributed by atoms with Gasteiger partial charge in [-0.1, -0.05) is 35.6 Å². The van der Waals surface area contributed by atoms with Crippen molar-refractivity contribution >= 4 is 34.8 Å². The van der Waals surface area contributed by atoms with Crippen molar-refractivity contribution < 1.29 is 19.1 Å². The van der Waals surface area contributed by atoms with Gasteiger partial charge in [-0.05, 0) is 39.2 Å². The van der Waals surface area contributed by atoms with E-state index in [1.807, 2.05) is 50.2 Å². The van der Waals surface area contributed by atoms with Gasteiger partial charge in [-0.25, -0.2) is 0 Å². The maximum absolute atomic E-state index is 13.1. The van der Waals surface area contributed by atoms with Gasteiger partial charge in [0.1, 0.15) is 5.54 Å². The zero-order valence-electron chi connectivity index (χ0n) is 24.7. The molecule has 5 rings (SSSR count). The second kappa shape index (κ2) is 12.9. The summed E-state index contributed by atoms with van der Waals surface area (Å²) in [6, 6.07) is 7.24. The van der Waals surface area contributed by atoms with Crippen LogP contribution in [-0.2, 0) is 16.0 Å². The molecule has 0 saturated carbocycles. The minimum absolute atomic E-state index is 0.113. The summed E-state index contributed by atoms with van der Waals surface area (Å²) in [6.45, 7) is 4.25. The number of fused-ring (bicyclic) bond motifs is 1. The van der Waals surface area contributed by atoms with Crippen LogP contribution in [0.15, 0.2) is 48.8 Å². The number of hydrogen-bond donors (Lipinski definition) is 3. The number of nitrogens with zero attached hydrogens (tertiary/aromatic N) is 3. The molecule has 4 heterocycles. The van der Waals surface area contributed by atoms with E-state index in [1.54, 1.807) is 36.5 Å². The summed E-state index contributed by atoms with van der Waals surface area (Å²) in [4.78, 5) is 37.8. The normalized spacial score (nSPS) is 18.2. The van der Waals surface area contributed by atoms with Crippen LogP contribution in [0.1, 0.15) is 28.5 Å². The Morgan fingerprint density at radius 2 is 2.19 bits per heavy atom. The van der Waals surface area contributed by atoms with E-state index in [9.17, 15) is 9.59 Å². The molecule has 2 amide bonds. The smallest absolute Gasteiger partial charge is 0.255 e. The van der Waals surface area contributed by atoms with Crippen LogP contribution in [0.25, 0.3) is 11.3 Å². The summed E-state index contributed by atoms with van der Waals surface area (Å²) >= 11 is 6.40. The quantitative estimate of drug-likeness (QED) is 0.278. The Morgan fingerprint density at radius 1 is 1.35 bits per heavy atom. The molecular formula is C32H35ClN6O4. The van der Waals surface area contributed by atoms with E-state index < -0.39 is 5.54 Å². The van der Waals surface area contributed by atoms with Gasteiger partial charge in [0.25, 0.3) is 5.91 Å². The summed E-state index contributed by atoms with van der Waals surface area (Å²) < 4.78 is 11.3. The molecule has 1 aromatic carbocycles. The van der Waals surface area contributed by atoms with Crippen LogP contribution in [0, 0.1) is 11.8 Å². The number of halogens is 1. The first-order valence-corrected chi connectivity index (χ1v) is 14.4. The monoisotopic (exact) mass is 602 g/mol. The molecule has 2 aromatic heterocycles. The fourth-order valence-electron chi connectivity index (χ4n) is 5.23. The largest absolute Gasteiger partial charge is 0.493 e. The highest BCUT2D eigenvalue weighted by molar-refractivity contribution is 6.32. The summed E-state index contributed by atoms with van der Waals surface area (Å²) in [5.74, 6) is 6.77. The van der Waals surface area contributed by atoms with Crippen LogP contribution >= 0.6 is 11.6 Å². The first-order valence-electron chi connectivity index (χ1n) is 14.0. The summed E-state index contributed by atoms with van der Waals surface area (Å²) in [7, 11) is 5.44. The maximum atomic E-state index is 13.1. The lowest BCUT2D eigenvalue weighted by Crippen LogP contribution is -2.56. The maximum Gasteiger partial charge on any atom is 0.255 e. The summed E-state index contributed by atoms with van der Waals surface area (Å²) in [5, 5.41) is 6.78. The van der Waals surface area contributed by atoms with E-state index in [0.29, 0.717) is 71.6 Å². The van der Waals surface area contributed by atoms with Crippen molar-refractivity contribution in [1.29, 1.82) is 0 Å². The van der Waals surface area contributed by atoms with Crippen LogP contribution in [0.2, 0.25) is 5.02 Å². The zero-order valence-corrected chi connectivity index (χ0v) is 25.5. The number of pyridine rings is 1. The number of carbonyl (C=O) groups is 2. The first-order chi connectivity index (χ1) is 20.7. The van der Waals surface area contributed by atoms with Crippen molar-refractivity contribution in [1.82, 2.24) is 25.1 Å². The standard InChI is InChI=1S/C32H35ClN6O4/c1-32(20-43-18-17-39(32)26(40)9-6-16-38(2)3)13-10-21-19-34-14-11-22(21)28-29(27-24(36-28)12-15-35-31(27)41)37-25-8-5-7-23(33)30(25)42-4/h5-9,11,14,19,36-37H,12,15-18,20H2,1-4H3,(H,35,41)/b9-6+/t32-/m0/s1. The third-order valence-electron chi connectivity index (χ3n) is 7.39. The molecule has 43 heavy (non-hydrogen) atoms. The van der Waals surface area contributed by atoms with E-state index in [-0.39, 0.29) is 18.4 Å². The molecule has 1 atom stereocenters. The lowest BCUT2D eigenvalue weighted by Gasteiger charge is -2.40. The summed E-state index contributed by atoms with van der Waals surface area (Å²) in [6.07, 6.45) is 7.44. The number of morpholine rings is 1. The molecule has 10 nitrogen and oxygen atoms in total. The highest BCUT2D eigenvalue weighted by atomic mass is 35.5. The van der Waals surface area contributed by atoms with Crippen LogP contribution in [0.4, 0.5) is 11.4 Å². The van der Waals surface area contributed by atoms with Crippen molar-refractivity contribution in [2.75, 3.05) is 59.4 Å². The third kappa shape index (κ3) is 6.39. The zero-order chi connectivity index (χ0) is 30.6. The number of amides is 2. The molecule has 0 aliphatic carbocycles. The molecule has 0 unspecified atom stereocenters. The van der Waals surface area contributed by atoms with Crippen molar-refractivity contribution in [2.45, 2.75) is 18.9 Å². The van der Waals surface area contributed by atoms with Crippen molar-refractivity contribution in [3.8, 4) is 28.8 Å². The van der Waals surface area contributed by atoms with Gasteiger partial charge < -0.3 is 34.9 Å². The molecule has 11 heteroatoms. The number of H-pyrrole nitrogens is 1. The molecule has 0 spiro atoms. The van der Waals surface area contributed by atoms with E-state index in [1.165, 1.54) is 0 Å². The predicted octanol–water partition coefficient (Wildman–Crippen LogP) is 3.86. The summed E-state index contributed by atoms with van der Waals surface area (Å²) in [5.41, 5.74) is 3.73. The number of para-hydroxylation sites is 1. The number of anilines is 2. The topological polar surface area (TPSA) is 112 Å². The average molecular weight is 603 g/mol. The van der Waals surface area contributed by atoms with Gasteiger partial charge in [-0.2, -0.15) is 0 Å². The fourth-order valence-corrected chi connectivity index (χ4v) is 5.48. The number of methoxy groups -OCH3 is 1. The van der Waals surface area contributed by atoms with E-state index in [0.717, 1.165) is 11.3 Å². The number of ether oxygens (including phenoxy) is 2. The van der Waals surface area contributed by atoms with Gasteiger partial charge in [-0.3, -0.25) is 14.6 Å². The Labute approximate surface area is 256 Å².